The number of hydroxylamine groups is 1. The predicted molar refractivity (Wildman–Crippen MR) is 156 cm³/mol. The van der Waals surface area contributed by atoms with Crippen LogP contribution in [0.4, 0.5) is 4.39 Å². The molecule has 42 heavy (non-hydrogen) atoms. The summed E-state index contributed by atoms with van der Waals surface area (Å²) >= 11 is 0. The highest BCUT2D eigenvalue weighted by molar-refractivity contribution is 5.78. The van der Waals surface area contributed by atoms with Gasteiger partial charge in [-0.15, -0.1) is 0 Å². The Labute approximate surface area is 245 Å². The van der Waals surface area contributed by atoms with Crippen molar-refractivity contribution >= 4 is 6.21 Å². The van der Waals surface area contributed by atoms with E-state index in [4.69, 9.17) is 28.4 Å². The molecule has 2 aromatic carbocycles. The van der Waals surface area contributed by atoms with Gasteiger partial charge in [-0.3, -0.25) is 0 Å². The van der Waals surface area contributed by atoms with Gasteiger partial charge in [-0.05, 0) is 68.5 Å². The lowest BCUT2D eigenvalue weighted by atomic mass is 9.89. The minimum absolute atomic E-state index is 0.0110. The molecular weight excluding hydrogens is 543 g/mol. The number of methoxy groups -OCH3 is 3. The molecule has 2 heterocycles. The fourth-order valence-electron chi connectivity index (χ4n) is 5.40. The van der Waals surface area contributed by atoms with Gasteiger partial charge in [-0.25, -0.2) is 4.39 Å². The summed E-state index contributed by atoms with van der Waals surface area (Å²) in [4.78, 5) is 0. The highest BCUT2D eigenvalue weighted by Gasteiger charge is 2.37. The first-order valence-electron chi connectivity index (χ1n) is 14.2. The first kappa shape index (κ1) is 29.3. The Morgan fingerprint density at radius 3 is 2.45 bits per heavy atom. The molecule has 0 saturated carbocycles. The number of hydrogen-bond acceptors (Lipinski definition) is 7. The molecule has 0 spiro atoms. The van der Waals surface area contributed by atoms with Crippen LogP contribution in [-0.4, -0.2) is 56.2 Å². The number of allylic oxidation sites excluding steroid dienone is 1. The van der Waals surface area contributed by atoms with E-state index in [1.54, 1.807) is 50.8 Å². The molecule has 1 aromatic heterocycles. The monoisotopic (exact) mass is 580 g/mol. The zero-order valence-electron chi connectivity index (χ0n) is 24.2. The summed E-state index contributed by atoms with van der Waals surface area (Å²) in [7, 11) is 4.69. The molecular formula is C32H37FN2O7. The van der Waals surface area contributed by atoms with Gasteiger partial charge in [-0.2, -0.15) is 4.74 Å². The maximum atomic E-state index is 14.4. The molecule has 10 heteroatoms. The van der Waals surface area contributed by atoms with Crippen LogP contribution in [0.1, 0.15) is 37.8 Å². The van der Waals surface area contributed by atoms with E-state index in [2.05, 4.69) is 4.57 Å². The number of rotatable bonds is 13. The molecule has 0 bridgehead atoms. The number of fused-ring (bicyclic) bond motifs is 2. The number of nitrogens with zero attached hydrogens (tertiary/aromatic N) is 2. The van der Waals surface area contributed by atoms with Crippen LogP contribution >= 0.6 is 0 Å². The average Bonchev–Trinajstić information content (AvgIpc) is 3.32. The molecule has 2 aliphatic rings. The van der Waals surface area contributed by atoms with Gasteiger partial charge in [0.25, 0.3) is 0 Å². The standard InChI is InChI=1S/C32H37FN2O7/c1-37-29-14-15-34-20-24-26(35(36)21-27(29)34)8-7-9-28(24)41-17-6-4-5-16-40-22-10-12-25(33)31(18-22)42-23-11-13-30(38-2)32(19-23)39-3/h8,10-15,18-19,21,24,28H,4-7,9,16-17,20H2,1-3H3/t24-,28?/m0/s1. The minimum Gasteiger partial charge on any atom is -0.618 e. The number of hydrogen-bond donors (Lipinski definition) is 0. The summed E-state index contributed by atoms with van der Waals surface area (Å²) in [5.74, 6) is 2.24. The number of halogens is 1. The Kier molecular flexibility index (Phi) is 9.53. The second kappa shape index (κ2) is 13.7. The molecule has 1 aliphatic heterocycles. The number of ether oxygens (including phenoxy) is 6. The summed E-state index contributed by atoms with van der Waals surface area (Å²) in [5, 5.41) is 12.9. The van der Waals surface area contributed by atoms with E-state index in [9.17, 15) is 9.60 Å². The van der Waals surface area contributed by atoms with E-state index < -0.39 is 5.82 Å². The predicted octanol–water partition coefficient (Wildman–Crippen LogP) is 6.32. The van der Waals surface area contributed by atoms with Gasteiger partial charge in [0, 0.05) is 31.5 Å². The molecule has 3 aromatic rings. The van der Waals surface area contributed by atoms with E-state index in [0.29, 0.717) is 48.5 Å². The summed E-state index contributed by atoms with van der Waals surface area (Å²) in [6.07, 6.45) is 9.88. The molecule has 9 nitrogen and oxygen atoms in total. The third-order valence-corrected chi connectivity index (χ3v) is 7.58. The van der Waals surface area contributed by atoms with Gasteiger partial charge in [0.05, 0.1) is 40.0 Å². The molecule has 0 amide bonds. The summed E-state index contributed by atoms with van der Waals surface area (Å²) in [6.45, 7) is 1.77. The first-order chi connectivity index (χ1) is 20.5. The molecule has 0 radical (unpaired) electrons. The Morgan fingerprint density at radius 1 is 0.881 bits per heavy atom. The first-order valence-corrected chi connectivity index (χ1v) is 14.2. The lowest BCUT2D eigenvalue weighted by molar-refractivity contribution is -0.409. The highest BCUT2D eigenvalue weighted by atomic mass is 19.1. The third-order valence-electron chi connectivity index (χ3n) is 7.58. The van der Waals surface area contributed by atoms with Crippen LogP contribution in [0, 0.1) is 16.9 Å². The van der Waals surface area contributed by atoms with E-state index in [1.807, 2.05) is 18.3 Å². The quantitative estimate of drug-likeness (QED) is 0.133. The van der Waals surface area contributed by atoms with Crippen LogP contribution in [0.2, 0.25) is 0 Å². The fourth-order valence-corrected chi connectivity index (χ4v) is 5.40. The zero-order chi connectivity index (χ0) is 29.5. The zero-order valence-corrected chi connectivity index (χ0v) is 24.2. The summed E-state index contributed by atoms with van der Waals surface area (Å²) < 4.78 is 51.3. The van der Waals surface area contributed by atoms with Gasteiger partial charge < -0.3 is 38.2 Å². The molecule has 2 atom stereocenters. The van der Waals surface area contributed by atoms with Crippen molar-refractivity contribution in [2.75, 3.05) is 34.5 Å². The number of unbranched alkanes of at least 4 members (excludes halogenated alkanes) is 2. The van der Waals surface area contributed by atoms with E-state index in [-0.39, 0.29) is 17.8 Å². The van der Waals surface area contributed by atoms with Crippen LogP contribution in [0.15, 0.2) is 60.4 Å². The minimum atomic E-state index is -0.492. The largest absolute Gasteiger partial charge is 0.618 e. The van der Waals surface area contributed by atoms with Crippen molar-refractivity contribution < 1.29 is 37.6 Å². The van der Waals surface area contributed by atoms with Crippen molar-refractivity contribution in [2.24, 2.45) is 5.92 Å². The van der Waals surface area contributed by atoms with Crippen LogP contribution in [-0.2, 0) is 11.3 Å². The Balaban J connectivity index is 1.07. The van der Waals surface area contributed by atoms with Crippen molar-refractivity contribution in [3.8, 4) is 34.5 Å². The summed E-state index contributed by atoms with van der Waals surface area (Å²) in [5.41, 5.74) is 1.54. The lowest BCUT2D eigenvalue weighted by Crippen LogP contribution is -2.33. The van der Waals surface area contributed by atoms with Crippen molar-refractivity contribution in [1.29, 1.82) is 0 Å². The van der Waals surface area contributed by atoms with E-state index in [0.717, 1.165) is 48.2 Å². The molecule has 0 saturated heterocycles. The van der Waals surface area contributed by atoms with Crippen molar-refractivity contribution in [2.45, 2.75) is 44.8 Å². The van der Waals surface area contributed by atoms with Gasteiger partial charge in [-0.1, -0.05) is 0 Å². The van der Waals surface area contributed by atoms with Crippen LogP contribution in [0.25, 0.3) is 0 Å². The Bertz CT molecular complexity index is 1430. The maximum Gasteiger partial charge on any atom is 0.208 e. The SMILES string of the molecule is COc1ccc(Oc2cc(OCCCCCOC3CCC=C4[C@@H]3Cn3ccc(OC)c3C=[N+]4[O-])ccc2F)cc1OC. The van der Waals surface area contributed by atoms with E-state index >= 15 is 0 Å². The Hall–Kier alpha value is -4.18. The van der Waals surface area contributed by atoms with E-state index in [1.165, 1.54) is 13.2 Å². The fraction of sp³-hybridized carbons (Fsp3) is 0.406. The molecule has 1 unspecified atom stereocenters. The Morgan fingerprint density at radius 2 is 1.64 bits per heavy atom. The number of aromatic nitrogens is 1. The van der Waals surface area contributed by atoms with Gasteiger partial charge in [0.2, 0.25) is 6.21 Å². The van der Waals surface area contributed by atoms with Crippen molar-refractivity contribution in [1.82, 2.24) is 4.57 Å². The molecule has 224 valence electrons. The van der Waals surface area contributed by atoms with Gasteiger partial charge in [0.1, 0.15) is 22.9 Å². The summed E-state index contributed by atoms with van der Waals surface area (Å²) in [6, 6.07) is 11.4. The normalized spacial score (nSPS) is 17.7. The van der Waals surface area contributed by atoms with Gasteiger partial charge >= 0.3 is 0 Å². The second-order valence-electron chi connectivity index (χ2n) is 10.2. The average molecular weight is 581 g/mol. The van der Waals surface area contributed by atoms with Gasteiger partial charge in [0.15, 0.2) is 28.8 Å². The maximum absolute atomic E-state index is 14.4. The molecule has 0 fully saturated rings. The van der Waals surface area contributed by atoms with Crippen LogP contribution in [0.5, 0.6) is 34.5 Å². The topological polar surface area (TPSA) is 86.4 Å². The highest BCUT2D eigenvalue weighted by Crippen LogP contribution is 2.36. The third kappa shape index (κ3) is 6.65. The second-order valence-corrected chi connectivity index (χ2v) is 10.2. The van der Waals surface area contributed by atoms with Crippen molar-refractivity contribution in [3.63, 3.8) is 0 Å². The lowest BCUT2D eigenvalue weighted by Gasteiger charge is -2.29. The molecule has 5 rings (SSSR count). The van der Waals surface area contributed by atoms with Crippen LogP contribution < -0.4 is 23.7 Å². The van der Waals surface area contributed by atoms with Crippen molar-refractivity contribution in [3.05, 3.63) is 77.2 Å². The molecule has 1 aliphatic carbocycles. The smallest absolute Gasteiger partial charge is 0.208 e. The van der Waals surface area contributed by atoms with Crippen LogP contribution in [0.3, 0.4) is 0 Å². The molecule has 0 N–H and O–H groups in total. The number of benzene rings is 2.